The molecule has 12 heteroatoms. The van der Waals surface area contributed by atoms with Crippen molar-refractivity contribution in [3.05, 3.63) is 29.3 Å². The van der Waals surface area contributed by atoms with Crippen LogP contribution in [0.1, 0.15) is 24.5 Å². The summed E-state index contributed by atoms with van der Waals surface area (Å²) in [5, 5.41) is 10.7. The van der Waals surface area contributed by atoms with Crippen LogP contribution < -0.4 is 9.62 Å². The molecule has 1 aromatic carbocycles. The first-order valence-electron chi connectivity index (χ1n) is 8.97. The molecule has 0 radical (unpaired) electrons. The first kappa shape index (κ1) is 24.1. The molecular formula is C18H24N4O5S3. The third kappa shape index (κ3) is 6.16. The van der Waals surface area contributed by atoms with E-state index in [-0.39, 0.29) is 17.3 Å². The van der Waals surface area contributed by atoms with Crippen LogP contribution >= 0.6 is 23.1 Å². The summed E-state index contributed by atoms with van der Waals surface area (Å²) in [5.74, 6) is -0.834. The zero-order valence-electron chi connectivity index (χ0n) is 17.3. The monoisotopic (exact) mass is 472 g/mol. The van der Waals surface area contributed by atoms with Gasteiger partial charge in [-0.25, -0.2) is 8.42 Å². The van der Waals surface area contributed by atoms with E-state index in [9.17, 15) is 18.0 Å². The van der Waals surface area contributed by atoms with E-state index in [0.29, 0.717) is 10.0 Å². The summed E-state index contributed by atoms with van der Waals surface area (Å²) in [6, 6.07) is 4.49. The topological polar surface area (TPSA) is 119 Å². The van der Waals surface area contributed by atoms with Crippen LogP contribution in [-0.2, 0) is 24.3 Å². The number of rotatable bonds is 9. The minimum absolute atomic E-state index is 0.0746. The number of hydrogen-bond acceptors (Lipinski definition) is 9. The third-order valence-electron chi connectivity index (χ3n) is 4.11. The summed E-state index contributed by atoms with van der Waals surface area (Å²) < 4.78 is 31.4. The maximum absolute atomic E-state index is 13.0. The Bertz CT molecular complexity index is 1020. The number of sulfonamides is 1. The van der Waals surface area contributed by atoms with Crippen LogP contribution in [0.4, 0.5) is 10.8 Å². The standard InChI is InChI=1S/C18H24N4O5S3/c1-6-13(22(30(5,25)26)14-9-11(2)7-8-12(14)3)16(24)19-17-20-21-18(29-17)28-10-15(23)27-4/h7-9,13H,6,10H2,1-5H3,(H,19,20,24)/t13-/m0/s1. The van der Waals surface area contributed by atoms with E-state index < -0.39 is 27.9 Å². The number of esters is 1. The molecule has 30 heavy (non-hydrogen) atoms. The van der Waals surface area contributed by atoms with Crippen molar-refractivity contribution in [2.75, 3.05) is 28.7 Å². The van der Waals surface area contributed by atoms with Crippen molar-refractivity contribution in [1.29, 1.82) is 0 Å². The van der Waals surface area contributed by atoms with Crippen LogP contribution in [-0.4, -0.2) is 55.7 Å². The zero-order chi connectivity index (χ0) is 22.5. The highest BCUT2D eigenvalue weighted by Gasteiger charge is 2.33. The molecule has 164 valence electrons. The molecule has 1 atom stereocenters. The van der Waals surface area contributed by atoms with Gasteiger partial charge in [-0.3, -0.25) is 19.2 Å². The fraction of sp³-hybridized carbons (Fsp3) is 0.444. The molecule has 0 unspecified atom stereocenters. The fourth-order valence-corrected chi connectivity index (χ4v) is 5.53. The number of benzene rings is 1. The molecule has 0 aliphatic carbocycles. The fourth-order valence-electron chi connectivity index (χ4n) is 2.68. The molecule has 0 spiro atoms. The second-order valence-electron chi connectivity index (χ2n) is 6.50. The van der Waals surface area contributed by atoms with Crippen LogP contribution in [0.25, 0.3) is 0 Å². The summed E-state index contributed by atoms with van der Waals surface area (Å²) in [6.45, 7) is 5.40. The van der Waals surface area contributed by atoms with E-state index in [1.165, 1.54) is 7.11 Å². The number of aromatic nitrogens is 2. The van der Waals surface area contributed by atoms with Crippen molar-refractivity contribution in [1.82, 2.24) is 10.2 Å². The van der Waals surface area contributed by atoms with Gasteiger partial charge in [0, 0.05) is 0 Å². The normalized spacial score (nSPS) is 12.3. The van der Waals surface area contributed by atoms with Crippen molar-refractivity contribution in [2.24, 2.45) is 0 Å². The van der Waals surface area contributed by atoms with Gasteiger partial charge in [0.15, 0.2) is 4.34 Å². The smallest absolute Gasteiger partial charge is 0.316 e. The maximum atomic E-state index is 13.0. The lowest BCUT2D eigenvalue weighted by Gasteiger charge is -2.31. The van der Waals surface area contributed by atoms with Crippen LogP contribution in [0.15, 0.2) is 22.5 Å². The summed E-state index contributed by atoms with van der Waals surface area (Å²) in [4.78, 5) is 24.2. The van der Waals surface area contributed by atoms with Gasteiger partial charge < -0.3 is 4.74 Å². The summed E-state index contributed by atoms with van der Waals surface area (Å²) in [6.07, 6.45) is 1.34. The van der Waals surface area contributed by atoms with Crippen molar-refractivity contribution < 1.29 is 22.7 Å². The second kappa shape index (κ2) is 10.2. The number of anilines is 2. The van der Waals surface area contributed by atoms with Gasteiger partial charge >= 0.3 is 5.97 Å². The number of nitrogens with one attached hydrogen (secondary N) is 1. The number of hydrogen-bond donors (Lipinski definition) is 1. The van der Waals surface area contributed by atoms with Gasteiger partial charge in [0.1, 0.15) is 6.04 Å². The Balaban J connectivity index is 2.26. The lowest BCUT2D eigenvalue weighted by Crippen LogP contribution is -2.47. The van der Waals surface area contributed by atoms with Crippen LogP contribution in [0.2, 0.25) is 0 Å². The third-order valence-corrected chi connectivity index (χ3v) is 7.22. The molecule has 0 aliphatic rings. The molecule has 0 saturated carbocycles. The molecule has 0 aliphatic heterocycles. The number of carbonyl (C=O) groups is 2. The highest BCUT2D eigenvalue weighted by Crippen LogP contribution is 2.29. The van der Waals surface area contributed by atoms with Gasteiger partial charge in [-0.1, -0.05) is 42.2 Å². The van der Waals surface area contributed by atoms with Crippen molar-refractivity contribution >= 4 is 55.8 Å². The van der Waals surface area contributed by atoms with Crippen LogP contribution in [0.5, 0.6) is 0 Å². The summed E-state index contributed by atoms with van der Waals surface area (Å²) in [7, 11) is -2.44. The molecule has 1 N–H and O–H groups in total. The number of carbonyl (C=O) groups excluding carboxylic acids is 2. The molecule has 9 nitrogen and oxygen atoms in total. The average Bonchev–Trinajstić information content (AvgIpc) is 3.12. The maximum Gasteiger partial charge on any atom is 0.316 e. The Morgan fingerprint density at radius 1 is 1.30 bits per heavy atom. The molecule has 1 amide bonds. The SMILES string of the molecule is CC[C@@H](C(=O)Nc1nnc(SCC(=O)OC)s1)N(c1cc(C)ccc1C)S(C)(=O)=O. The van der Waals surface area contributed by atoms with Gasteiger partial charge in [-0.05, 0) is 37.5 Å². The van der Waals surface area contributed by atoms with E-state index in [1.807, 2.05) is 19.1 Å². The molecule has 0 fully saturated rings. The predicted molar refractivity (Wildman–Crippen MR) is 119 cm³/mol. The number of methoxy groups -OCH3 is 1. The first-order chi connectivity index (χ1) is 14.1. The molecular weight excluding hydrogens is 448 g/mol. The van der Waals surface area contributed by atoms with Gasteiger partial charge in [-0.15, -0.1) is 10.2 Å². The quantitative estimate of drug-likeness (QED) is 0.336. The van der Waals surface area contributed by atoms with Crippen molar-refractivity contribution in [3.63, 3.8) is 0 Å². The molecule has 2 rings (SSSR count). The van der Waals surface area contributed by atoms with Gasteiger partial charge in [0.05, 0.1) is 24.8 Å². The van der Waals surface area contributed by atoms with Gasteiger partial charge in [0.2, 0.25) is 21.1 Å². The van der Waals surface area contributed by atoms with Crippen LogP contribution in [0.3, 0.4) is 0 Å². The molecule has 2 aromatic rings. The van der Waals surface area contributed by atoms with Crippen molar-refractivity contribution in [3.8, 4) is 0 Å². The lowest BCUT2D eigenvalue weighted by atomic mass is 10.1. The predicted octanol–water partition coefficient (Wildman–Crippen LogP) is 2.60. The Labute approximate surface area is 184 Å². The molecule has 0 saturated heterocycles. The zero-order valence-corrected chi connectivity index (χ0v) is 19.8. The van der Waals surface area contributed by atoms with E-state index in [1.54, 1.807) is 19.9 Å². The average molecular weight is 473 g/mol. The largest absolute Gasteiger partial charge is 0.468 e. The molecule has 0 bridgehead atoms. The summed E-state index contributed by atoms with van der Waals surface area (Å²) >= 11 is 2.23. The second-order valence-corrected chi connectivity index (χ2v) is 10.6. The van der Waals surface area contributed by atoms with Gasteiger partial charge in [-0.2, -0.15) is 0 Å². The minimum Gasteiger partial charge on any atom is -0.468 e. The molecule has 1 heterocycles. The van der Waals surface area contributed by atoms with E-state index in [2.05, 4.69) is 20.3 Å². The Morgan fingerprint density at radius 2 is 2.00 bits per heavy atom. The highest BCUT2D eigenvalue weighted by molar-refractivity contribution is 8.01. The van der Waals surface area contributed by atoms with E-state index >= 15 is 0 Å². The number of aryl methyl sites for hydroxylation is 2. The van der Waals surface area contributed by atoms with Gasteiger partial charge in [0.25, 0.3) is 0 Å². The molecule has 1 aromatic heterocycles. The Kier molecular flexibility index (Phi) is 8.21. The van der Waals surface area contributed by atoms with E-state index in [0.717, 1.165) is 44.8 Å². The highest BCUT2D eigenvalue weighted by atomic mass is 32.2. The van der Waals surface area contributed by atoms with E-state index in [4.69, 9.17) is 0 Å². The first-order valence-corrected chi connectivity index (χ1v) is 12.6. The number of amides is 1. The van der Waals surface area contributed by atoms with Crippen molar-refractivity contribution in [2.45, 2.75) is 37.6 Å². The number of nitrogens with zero attached hydrogens (tertiary/aromatic N) is 3. The minimum atomic E-state index is -3.74. The lowest BCUT2D eigenvalue weighted by molar-refractivity contribution is -0.137. The number of thioether (sulfide) groups is 1. The Hall–Kier alpha value is -2.18. The number of ether oxygens (including phenoxy) is 1. The Morgan fingerprint density at radius 3 is 2.60 bits per heavy atom. The summed E-state index contributed by atoms with van der Waals surface area (Å²) in [5.41, 5.74) is 2.09. The van der Waals surface area contributed by atoms with Crippen LogP contribution in [0, 0.1) is 13.8 Å².